The lowest BCUT2D eigenvalue weighted by atomic mass is 10.1. The van der Waals surface area contributed by atoms with Gasteiger partial charge in [-0.1, -0.05) is 41.6 Å². The summed E-state index contributed by atoms with van der Waals surface area (Å²) in [7, 11) is 1.61. The molecule has 8 heteroatoms. The number of hydrogen-bond donors (Lipinski definition) is 4. The summed E-state index contributed by atoms with van der Waals surface area (Å²) >= 11 is 0. The third-order valence-corrected chi connectivity index (χ3v) is 3.00. The van der Waals surface area contributed by atoms with Crippen LogP contribution < -0.4 is 17.1 Å². The van der Waals surface area contributed by atoms with Crippen LogP contribution in [0.1, 0.15) is 11.3 Å². The largest absolute Gasteiger partial charge is 0.389 e. The van der Waals surface area contributed by atoms with Crippen molar-refractivity contribution in [2.45, 2.75) is 6.61 Å². The number of hydrogen-bond acceptors (Lipinski definition) is 7. The number of nitrogens with zero attached hydrogens (tertiary/aromatic N) is 3. The highest BCUT2D eigenvalue weighted by Crippen LogP contribution is 2.07. The summed E-state index contributed by atoms with van der Waals surface area (Å²) < 4.78 is 0. The number of nitrogens with two attached hydrogens (primary N) is 2. The summed E-state index contributed by atoms with van der Waals surface area (Å²) in [4.78, 5) is 9.47. The second-order valence-electron chi connectivity index (χ2n) is 4.67. The predicted molar refractivity (Wildman–Crippen MR) is 89.2 cm³/mol. The van der Waals surface area contributed by atoms with Crippen molar-refractivity contribution in [2.75, 3.05) is 12.8 Å². The molecule has 0 amide bonds. The van der Waals surface area contributed by atoms with E-state index in [1.54, 1.807) is 25.2 Å². The third kappa shape index (κ3) is 4.50. The monoisotopic (exact) mass is 313 g/mol. The molecule has 0 aliphatic rings. The van der Waals surface area contributed by atoms with Crippen molar-refractivity contribution < 1.29 is 4.84 Å². The lowest BCUT2D eigenvalue weighted by Crippen LogP contribution is -2.46. The number of anilines is 1. The number of rotatable bonds is 6. The average molecular weight is 313 g/mol. The van der Waals surface area contributed by atoms with E-state index in [1.807, 2.05) is 30.3 Å². The Bertz CT molecular complexity index is 687. The van der Waals surface area contributed by atoms with Gasteiger partial charge in [0.25, 0.3) is 0 Å². The fourth-order valence-electron chi connectivity index (χ4n) is 1.79. The second-order valence-corrected chi connectivity index (χ2v) is 4.67. The van der Waals surface area contributed by atoms with Gasteiger partial charge in [-0.15, -0.1) is 0 Å². The van der Waals surface area contributed by atoms with Crippen LogP contribution in [0.5, 0.6) is 0 Å². The summed E-state index contributed by atoms with van der Waals surface area (Å²) in [6.45, 7) is 0.147. The number of nitrogen functional groups attached to an aromatic ring is 1. The van der Waals surface area contributed by atoms with Gasteiger partial charge in [-0.2, -0.15) is 5.53 Å². The van der Waals surface area contributed by atoms with Gasteiger partial charge in [0.15, 0.2) is 18.2 Å². The van der Waals surface area contributed by atoms with Crippen LogP contribution in [-0.2, 0) is 11.4 Å². The highest BCUT2D eigenvalue weighted by molar-refractivity contribution is 6.46. The van der Waals surface area contributed by atoms with Crippen LogP contribution in [0.3, 0.4) is 0 Å². The Balaban J connectivity index is 2.18. The molecule has 0 atom stereocenters. The molecule has 1 aromatic heterocycles. The van der Waals surface area contributed by atoms with Crippen LogP contribution in [-0.4, -0.2) is 28.6 Å². The first-order valence-electron chi connectivity index (χ1n) is 6.87. The van der Waals surface area contributed by atoms with Crippen molar-refractivity contribution in [3.05, 3.63) is 59.8 Å². The molecule has 0 fully saturated rings. The summed E-state index contributed by atoms with van der Waals surface area (Å²) in [6.07, 6.45) is 0. The minimum Gasteiger partial charge on any atom is -0.389 e. The molecule has 0 bridgehead atoms. The Kier molecular flexibility index (Phi) is 5.61. The number of amidine groups is 1. The first-order valence-corrected chi connectivity index (χ1v) is 6.87. The molecule has 0 aliphatic heterocycles. The maximum Gasteiger partial charge on any atom is 0.166 e. The van der Waals surface area contributed by atoms with E-state index in [-0.39, 0.29) is 12.4 Å². The molecule has 0 saturated carbocycles. The van der Waals surface area contributed by atoms with Gasteiger partial charge in [-0.3, -0.25) is 16.3 Å². The molecule has 8 nitrogen and oxygen atoms in total. The number of oxime groups is 1. The SMILES string of the molecule is CN(NN)C(=N)/C(=N\OCc1cccc(N)n1)c1ccccc1. The molecule has 120 valence electrons. The number of hydrazine groups is 2. The molecule has 1 aromatic carbocycles. The van der Waals surface area contributed by atoms with Crippen LogP contribution in [0.15, 0.2) is 53.7 Å². The van der Waals surface area contributed by atoms with Gasteiger partial charge in [0, 0.05) is 12.6 Å². The zero-order chi connectivity index (χ0) is 16.7. The van der Waals surface area contributed by atoms with Gasteiger partial charge >= 0.3 is 0 Å². The van der Waals surface area contributed by atoms with E-state index in [1.165, 1.54) is 5.01 Å². The zero-order valence-electron chi connectivity index (χ0n) is 12.7. The van der Waals surface area contributed by atoms with Gasteiger partial charge in [-0.25, -0.2) is 4.98 Å². The lowest BCUT2D eigenvalue weighted by Gasteiger charge is -2.18. The molecule has 0 unspecified atom stereocenters. The van der Waals surface area contributed by atoms with E-state index in [4.69, 9.17) is 21.8 Å². The lowest BCUT2D eigenvalue weighted by molar-refractivity contribution is 0.128. The summed E-state index contributed by atoms with van der Waals surface area (Å²) in [5.41, 5.74) is 9.73. The number of pyridine rings is 1. The highest BCUT2D eigenvalue weighted by atomic mass is 16.6. The third-order valence-electron chi connectivity index (χ3n) is 3.00. The smallest absolute Gasteiger partial charge is 0.166 e. The zero-order valence-corrected chi connectivity index (χ0v) is 12.7. The summed E-state index contributed by atoms with van der Waals surface area (Å²) in [5.74, 6) is 5.82. The van der Waals surface area contributed by atoms with Gasteiger partial charge < -0.3 is 10.6 Å². The Hall–Kier alpha value is -2.97. The number of benzene rings is 1. The van der Waals surface area contributed by atoms with Crippen molar-refractivity contribution in [3.8, 4) is 0 Å². The van der Waals surface area contributed by atoms with Crippen LogP contribution in [0.4, 0.5) is 5.82 Å². The standard InChI is InChI=1S/C15H19N7O/c1-22(21-18)15(17)14(11-6-3-2-4-7-11)20-23-10-12-8-5-9-13(16)19-12/h2-9,17,21H,10,18H2,1H3,(H2,16,19)/b17-15?,20-14-. The van der Waals surface area contributed by atoms with Gasteiger partial charge in [0.2, 0.25) is 0 Å². The normalized spacial score (nSPS) is 11.1. The molecule has 0 saturated heterocycles. The fourth-order valence-corrected chi connectivity index (χ4v) is 1.79. The molecule has 6 N–H and O–H groups in total. The summed E-state index contributed by atoms with van der Waals surface area (Å²) in [5, 5.41) is 13.5. The van der Waals surface area contributed by atoms with Gasteiger partial charge in [0.1, 0.15) is 5.82 Å². The van der Waals surface area contributed by atoms with Crippen LogP contribution in [0.25, 0.3) is 0 Å². The van der Waals surface area contributed by atoms with Crippen molar-refractivity contribution in [2.24, 2.45) is 11.0 Å². The molecule has 0 spiro atoms. The summed E-state index contributed by atoms with van der Waals surface area (Å²) in [6, 6.07) is 14.5. The molecule has 23 heavy (non-hydrogen) atoms. The number of likely N-dealkylation sites (N-methyl/N-ethyl adjacent to an activating group) is 1. The van der Waals surface area contributed by atoms with Crippen LogP contribution >= 0.6 is 0 Å². The Labute approximate surface area is 134 Å². The second kappa shape index (κ2) is 7.87. The molecular weight excluding hydrogens is 294 g/mol. The predicted octanol–water partition coefficient (Wildman–Crippen LogP) is 0.872. The Morgan fingerprint density at radius 1 is 1.26 bits per heavy atom. The van der Waals surface area contributed by atoms with E-state index in [9.17, 15) is 0 Å². The van der Waals surface area contributed by atoms with E-state index in [0.29, 0.717) is 17.2 Å². The minimum atomic E-state index is 0.0687. The first kappa shape index (κ1) is 16.4. The molecule has 0 radical (unpaired) electrons. The van der Waals surface area contributed by atoms with Crippen molar-refractivity contribution >= 4 is 17.4 Å². The van der Waals surface area contributed by atoms with E-state index in [0.717, 1.165) is 5.56 Å². The molecule has 2 rings (SSSR count). The van der Waals surface area contributed by atoms with Crippen LogP contribution in [0.2, 0.25) is 0 Å². The fraction of sp³-hybridized carbons (Fsp3) is 0.133. The van der Waals surface area contributed by atoms with E-state index >= 15 is 0 Å². The van der Waals surface area contributed by atoms with E-state index in [2.05, 4.69) is 15.7 Å². The number of nitrogens with one attached hydrogen (secondary N) is 2. The van der Waals surface area contributed by atoms with Gasteiger partial charge in [-0.05, 0) is 12.1 Å². The van der Waals surface area contributed by atoms with E-state index < -0.39 is 0 Å². The maximum atomic E-state index is 8.14. The molecule has 2 aromatic rings. The first-order chi connectivity index (χ1) is 11.1. The Morgan fingerprint density at radius 3 is 2.65 bits per heavy atom. The minimum absolute atomic E-state index is 0.0687. The quantitative estimate of drug-likeness (QED) is 0.271. The van der Waals surface area contributed by atoms with Crippen LogP contribution in [0, 0.1) is 5.41 Å². The molecular formula is C15H19N7O. The average Bonchev–Trinajstić information content (AvgIpc) is 2.58. The number of aromatic nitrogens is 1. The molecule has 1 heterocycles. The maximum absolute atomic E-state index is 8.14. The van der Waals surface area contributed by atoms with Crippen molar-refractivity contribution in [1.82, 2.24) is 15.5 Å². The van der Waals surface area contributed by atoms with Crippen molar-refractivity contribution in [3.63, 3.8) is 0 Å². The molecule has 0 aliphatic carbocycles. The highest BCUT2D eigenvalue weighted by Gasteiger charge is 2.15. The van der Waals surface area contributed by atoms with Crippen molar-refractivity contribution in [1.29, 1.82) is 5.41 Å². The Morgan fingerprint density at radius 2 is 2.00 bits per heavy atom. The van der Waals surface area contributed by atoms with Gasteiger partial charge in [0.05, 0.1) is 5.69 Å². The topological polar surface area (TPSA) is 126 Å².